The maximum atomic E-state index is 13.1. The molecule has 0 saturated heterocycles. The van der Waals surface area contributed by atoms with E-state index in [2.05, 4.69) is 0 Å². The van der Waals surface area contributed by atoms with Crippen molar-refractivity contribution in [3.05, 3.63) is 51.4 Å². The molecule has 1 aromatic carbocycles. The lowest BCUT2D eigenvalue weighted by Crippen LogP contribution is -2.26. The van der Waals surface area contributed by atoms with Crippen LogP contribution < -0.4 is 0 Å². The molecule has 1 aromatic heterocycles. The zero-order chi connectivity index (χ0) is 14.0. The molecule has 0 aliphatic rings. The first-order chi connectivity index (χ1) is 8.89. The van der Waals surface area contributed by atoms with E-state index in [0.29, 0.717) is 4.34 Å². The summed E-state index contributed by atoms with van der Waals surface area (Å²) < 4.78 is 39.3. The third kappa shape index (κ3) is 3.33. The van der Waals surface area contributed by atoms with Crippen LogP contribution in [0, 0.1) is 5.82 Å². The molecule has 0 unspecified atom stereocenters. The van der Waals surface area contributed by atoms with Gasteiger partial charge in [0.25, 0.3) is 0 Å². The Morgan fingerprint density at radius 3 is 2.63 bits per heavy atom. The van der Waals surface area contributed by atoms with Crippen LogP contribution in [0.4, 0.5) is 4.39 Å². The minimum atomic E-state index is -3.69. The highest BCUT2D eigenvalue weighted by atomic mass is 35.5. The Hall–Kier alpha value is -0.950. The minimum Gasteiger partial charge on any atom is -0.207 e. The average molecular weight is 320 g/mol. The van der Waals surface area contributed by atoms with Crippen molar-refractivity contribution in [1.29, 1.82) is 0 Å². The molecule has 0 saturated carbocycles. The van der Waals surface area contributed by atoms with Gasteiger partial charge in [0.05, 0.1) is 9.23 Å². The summed E-state index contributed by atoms with van der Waals surface area (Å²) in [4.78, 5) is 0.769. The second-order valence-electron chi connectivity index (χ2n) is 3.92. The normalized spacial score (nSPS) is 12.0. The van der Waals surface area contributed by atoms with Crippen molar-refractivity contribution >= 4 is 33.0 Å². The van der Waals surface area contributed by atoms with E-state index in [1.165, 1.54) is 40.9 Å². The molecule has 2 rings (SSSR count). The third-order valence-electron chi connectivity index (χ3n) is 2.51. The molecule has 0 fully saturated rings. The second-order valence-corrected chi connectivity index (χ2v) is 7.77. The monoisotopic (exact) mass is 319 g/mol. The standard InChI is InChI=1S/C12H11ClFNO2S2/c1-15(8-10-5-6-12(13)18-10)19(16,17)11-4-2-3-9(14)7-11/h2-7H,8H2,1H3. The molecule has 0 N–H and O–H groups in total. The van der Waals surface area contributed by atoms with Crippen molar-refractivity contribution in [1.82, 2.24) is 4.31 Å². The highest BCUT2D eigenvalue weighted by Crippen LogP contribution is 2.24. The van der Waals surface area contributed by atoms with E-state index in [-0.39, 0.29) is 11.4 Å². The van der Waals surface area contributed by atoms with Crippen LogP contribution in [0.15, 0.2) is 41.3 Å². The summed E-state index contributed by atoms with van der Waals surface area (Å²) in [5.41, 5.74) is 0. The van der Waals surface area contributed by atoms with Crippen LogP contribution in [0.3, 0.4) is 0 Å². The molecule has 0 spiro atoms. The van der Waals surface area contributed by atoms with Gasteiger partial charge in [-0.3, -0.25) is 0 Å². The Labute approximate surface area is 120 Å². The third-order valence-corrected chi connectivity index (χ3v) is 5.53. The Morgan fingerprint density at radius 2 is 2.05 bits per heavy atom. The van der Waals surface area contributed by atoms with Gasteiger partial charge >= 0.3 is 0 Å². The Morgan fingerprint density at radius 1 is 1.32 bits per heavy atom. The molecule has 2 aromatic rings. The van der Waals surface area contributed by atoms with E-state index in [4.69, 9.17) is 11.6 Å². The summed E-state index contributed by atoms with van der Waals surface area (Å²) in [6, 6.07) is 8.44. The minimum absolute atomic E-state index is 0.0577. The van der Waals surface area contributed by atoms with Crippen LogP contribution in [0.5, 0.6) is 0 Å². The number of sulfonamides is 1. The largest absolute Gasteiger partial charge is 0.243 e. The first-order valence-corrected chi connectivity index (χ1v) is 7.99. The first-order valence-electron chi connectivity index (χ1n) is 5.36. The molecule has 1 heterocycles. The highest BCUT2D eigenvalue weighted by molar-refractivity contribution is 7.89. The van der Waals surface area contributed by atoms with E-state index in [1.807, 2.05) is 0 Å². The number of thiophene rings is 1. The van der Waals surface area contributed by atoms with Gasteiger partial charge < -0.3 is 0 Å². The number of benzene rings is 1. The first kappa shape index (κ1) is 14.5. The zero-order valence-electron chi connectivity index (χ0n) is 10.0. The topological polar surface area (TPSA) is 37.4 Å². The molecule has 3 nitrogen and oxygen atoms in total. The van der Waals surface area contributed by atoms with E-state index in [1.54, 1.807) is 12.1 Å². The molecule has 19 heavy (non-hydrogen) atoms. The smallest absolute Gasteiger partial charge is 0.207 e. The summed E-state index contributed by atoms with van der Waals surface area (Å²) in [6.07, 6.45) is 0. The number of nitrogens with zero attached hydrogens (tertiary/aromatic N) is 1. The number of rotatable bonds is 4. The molecule has 102 valence electrons. The number of halogens is 2. The van der Waals surface area contributed by atoms with Crippen LogP contribution in [-0.4, -0.2) is 19.8 Å². The molecule has 0 atom stereocenters. The summed E-state index contributed by atoms with van der Waals surface area (Å²) in [5, 5.41) is 0. The number of hydrogen-bond acceptors (Lipinski definition) is 3. The molecule has 0 bridgehead atoms. The van der Waals surface area contributed by atoms with E-state index in [9.17, 15) is 12.8 Å². The summed E-state index contributed by atoms with van der Waals surface area (Å²) in [7, 11) is -2.24. The van der Waals surface area contributed by atoms with Crippen LogP contribution in [0.25, 0.3) is 0 Å². The van der Waals surface area contributed by atoms with Gasteiger partial charge in [-0.15, -0.1) is 11.3 Å². The number of hydrogen-bond donors (Lipinski definition) is 0. The molecule has 0 radical (unpaired) electrons. The lowest BCUT2D eigenvalue weighted by atomic mass is 10.4. The van der Waals surface area contributed by atoms with Gasteiger partial charge in [-0.25, -0.2) is 12.8 Å². The molecule has 7 heteroatoms. The Kier molecular flexibility index (Phi) is 4.25. The van der Waals surface area contributed by atoms with Crippen molar-refractivity contribution in [2.75, 3.05) is 7.05 Å². The zero-order valence-corrected chi connectivity index (χ0v) is 12.4. The van der Waals surface area contributed by atoms with E-state index < -0.39 is 15.8 Å². The van der Waals surface area contributed by atoms with E-state index in [0.717, 1.165) is 10.9 Å². The van der Waals surface area contributed by atoms with Gasteiger partial charge in [0, 0.05) is 18.5 Å². The summed E-state index contributed by atoms with van der Waals surface area (Å²) in [5.74, 6) is -0.575. The van der Waals surface area contributed by atoms with Gasteiger partial charge in [-0.05, 0) is 30.3 Å². The second kappa shape index (κ2) is 5.58. The van der Waals surface area contributed by atoms with Gasteiger partial charge in [0.2, 0.25) is 10.0 Å². The maximum absolute atomic E-state index is 13.1. The Balaban J connectivity index is 2.24. The molecule has 0 aliphatic carbocycles. The van der Waals surface area contributed by atoms with Crippen molar-refractivity contribution in [3.63, 3.8) is 0 Å². The lowest BCUT2D eigenvalue weighted by molar-refractivity contribution is 0.469. The van der Waals surface area contributed by atoms with Gasteiger partial charge in [-0.2, -0.15) is 4.31 Å². The van der Waals surface area contributed by atoms with Gasteiger partial charge in [0.15, 0.2) is 0 Å². The molecular formula is C12H11ClFNO2S2. The molecular weight excluding hydrogens is 309 g/mol. The summed E-state index contributed by atoms with van der Waals surface area (Å²) >= 11 is 7.11. The average Bonchev–Trinajstić information content (AvgIpc) is 2.74. The molecule has 0 aliphatic heterocycles. The predicted molar refractivity (Wildman–Crippen MR) is 74.4 cm³/mol. The van der Waals surface area contributed by atoms with Crippen LogP contribution >= 0.6 is 22.9 Å². The van der Waals surface area contributed by atoms with Crippen LogP contribution in [-0.2, 0) is 16.6 Å². The predicted octanol–water partition coefficient (Wildman–Crippen LogP) is 3.36. The quantitative estimate of drug-likeness (QED) is 0.866. The fourth-order valence-electron chi connectivity index (χ4n) is 1.55. The maximum Gasteiger partial charge on any atom is 0.243 e. The fourth-order valence-corrected chi connectivity index (χ4v) is 3.95. The Bertz CT molecular complexity index is 685. The van der Waals surface area contributed by atoms with Crippen LogP contribution in [0.1, 0.15) is 4.88 Å². The van der Waals surface area contributed by atoms with Crippen molar-refractivity contribution < 1.29 is 12.8 Å². The van der Waals surface area contributed by atoms with Crippen molar-refractivity contribution in [3.8, 4) is 0 Å². The van der Waals surface area contributed by atoms with Crippen molar-refractivity contribution in [2.45, 2.75) is 11.4 Å². The van der Waals surface area contributed by atoms with Crippen LogP contribution in [0.2, 0.25) is 4.34 Å². The van der Waals surface area contributed by atoms with Gasteiger partial charge in [0.1, 0.15) is 5.82 Å². The SMILES string of the molecule is CN(Cc1ccc(Cl)s1)S(=O)(=O)c1cccc(F)c1. The highest BCUT2D eigenvalue weighted by Gasteiger charge is 2.21. The summed E-state index contributed by atoms with van der Waals surface area (Å²) in [6.45, 7) is 0.205. The van der Waals surface area contributed by atoms with E-state index >= 15 is 0 Å². The lowest BCUT2D eigenvalue weighted by Gasteiger charge is -2.16. The van der Waals surface area contributed by atoms with Crippen molar-refractivity contribution in [2.24, 2.45) is 0 Å². The van der Waals surface area contributed by atoms with Gasteiger partial charge in [-0.1, -0.05) is 17.7 Å². The molecule has 0 amide bonds. The fraction of sp³-hybridized carbons (Fsp3) is 0.167.